The third-order valence-electron chi connectivity index (χ3n) is 3.51. The molecule has 0 atom stereocenters. The number of hydrogen-bond donors (Lipinski definition) is 0. The first kappa shape index (κ1) is 20.7. The fourth-order valence-corrected chi connectivity index (χ4v) is 5.26. The maximum atomic E-state index is 3.52. The van der Waals surface area contributed by atoms with Crippen LogP contribution >= 0.6 is 11.8 Å². The van der Waals surface area contributed by atoms with Crippen LogP contribution in [0.25, 0.3) is 0 Å². The molecule has 0 amide bonds. The van der Waals surface area contributed by atoms with Gasteiger partial charge in [0.2, 0.25) is 0 Å². The molecule has 0 saturated heterocycles. The van der Waals surface area contributed by atoms with E-state index in [1.807, 2.05) is 11.8 Å². The van der Waals surface area contributed by atoms with Gasteiger partial charge in [0.1, 0.15) is 0 Å². The van der Waals surface area contributed by atoms with Crippen LogP contribution in [0.2, 0.25) is 0 Å². The summed E-state index contributed by atoms with van der Waals surface area (Å²) in [5, 5.41) is 2.39. The molecular formula is C21H30STe. The van der Waals surface area contributed by atoms with Crippen LogP contribution in [0, 0.1) is 9.89 Å². The van der Waals surface area contributed by atoms with Crippen LogP contribution in [-0.2, 0) is 0 Å². The Labute approximate surface area is 158 Å². The molecule has 0 heterocycles. The summed E-state index contributed by atoms with van der Waals surface area (Å²) < 4.78 is 5.15. The topological polar surface area (TPSA) is 0 Å². The fraction of sp³-hybridized carbons (Fsp3) is 0.524. The zero-order valence-corrected chi connectivity index (χ0v) is 17.8. The number of benzene rings is 1. The summed E-state index contributed by atoms with van der Waals surface area (Å²) in [5.74, 6) is 3.41. The molecule has 0 unspecified atom stereocenters. The molecule has 1 rings (SSSR count). The van der Waals surface area contributed by atoms with Gasteiger partial charge in [-0.25, -0.2) is 0 Å². The van der Waals surface area contributed by atoms with E-state index in [0.29, 0.717) is 0 Å². The third kappa shape index (κ3) is 11.8. The molecule has 0 fully saturated rings. The molecular weight excluding hydrogens is 412 g/mol. The Balaban J connectivity index is 2.47. The van der Waals surface area contributed by atoms with Crippen molar-refractivity contribution in [2.45, 2.75) is 76.5 Å². The second-order valence-corrected chi connectivity index (χ2v) is 9.27. The molecule has 0 spiro atoms. The van der Waals surface area contributed by atoms with Gasteiger partial charge in [0.15, 0.2) is 0 Å². The van der Waals surface area contributed by atoms with E-state index in [4.69, 9.17) is 0 Å². The van der Waals surface area contributed by atoms with Gasteiger partial charge < -0.3 is 0 Å². The Hall–Kier alpha value is -0.340. The van der Waals surface area contributed by atoms with Gasteiger partial charge >= 0.3 is 158 Å². The third-order valence-corrected chi connectivity index (χ3v) is 7.29. The van der Waals surface area contributed by atoms with E-state index in [1.54, 1.807) is 3.62 Å². The van der Waals surface area contributed by atoms with E-state index in [1.165, 1.54) is 56.3 Å². The molecule has 2 heteroatoms. The van der Waals surface area contributed by atoms with Crippen molar-refractivity contribution < 1.29 is 0 Å². The maximum absolute atomic E-state index is 3.52. The van der Waals surface area contributed by atoms with Crippen molar-refractivity contribution in [3.8, 4) is 9.89 Å². The number of hydrogen-bond acceptors (Lipinski definition) is 1. The van der Waals surface area contributed by atoms with Crippen molar-refractivity contribution in [1.29, 1.82) is 0 Å². The van der Waals surface area contributed by atoms with Crippen LogP contribution in [0.4, 0.5) is 0 Å². The van der Waals surface area contributed by atoms with Crippen molar-refractivity contribution in [3.05, 3.63) is 39.4 Å². The van der Waals surface area contributed by atoms with Crippen LogP contribution in [0.15, 0.2) is 44.3 Å². The minimum atomic E-state index is -0.295. The van der Waals surface area contributed by atoms with Crippen molar-refractivity contribution in [2.75, 3.05) is 0 Å². The second kappa shape index (κ2) is 15.2. The van der Waals surface area contributed by atoms with Crippen LogP contribution in [0.1, 0.15) is 71.6 Å². The number of thioether (sulfide) groups is 1. The van der Waals surface area contributed by atoms with Crippen LogP contribution in [0.3, 0.4) is 0 Å². The van der Waals surface area contributed by atoms with E-state index >= 15 is 0 Å². The summed E-state index contributed by atoms with van der Waals surface area (Å²) in [5.41, 5.74) is 0. The summed E-state index contributed by atoms with van der Waals surface area (Å²) in [6.07, 6.45) is 11.6. The Morgan fingerprint density at radius 1 is 1.00 bits per heavy atom. The summed E-state index contributed by atoms with van der Waals surface area (Å²) in [6, 6.07) is 10.7. The van der Waals surface area contributed by atoms with Crippen molar-refractivity contribution in [2.24, 2.45) is 0 Å². The normalized spacial score (nSPS) is 11.1. The molecule has 1 aromatic rings. The SMILES string of the molecule is CCCCCC#C[Te]/C(=C\Sc1ccccc1)CCCCCC. The Morgan fingerprint density at radius 2 is 1.74 bits per heavy atom. The predicted molar refractivity (Wildman–Crippen MR) is 107 cm³/mol. The predicted octanol–water partition coefficient (Wildman–Crippen LogP) is 6.84. The summed E-state index contributed by atoms with van der Waals surface area (Å²) in [4.78, 5) is 1.34. The van der Waals surface area contributed by atoms with Gasteiger partial charge in [0.05, 0.1) is 0 Å². The van der Waals surface area contributed by atoms with Gasteiger partial charge in [-0.3, -0.25) is 0 Å². The van der Waals surface area contributed by atoms with E-state index in [-0.39, 0.29) is 20.9 Å². The van der Waals surface area contributed by atoms with Gasteiger partial charge in [-0.05, 0) is 0 Å². The van der Waals surface area contributed by atoms with Gasteiger partial charge in [-0.15, -0.1) is 0 Å². The molecule has 0 N–H and O–H groups in total. The molecule has 0 bridgehead atoms. The Kier molecular flexibility index (Phi) is 13.7. The fourth-order valence-electron chi connectivity index (χ4n) is 2.11. The molecule has 0 nitrogen and oxygen atoms in total. The number of unbranched alkanes of at least 4 members (excludes halogenated alkanes) is 6. The Morgan fingerprint density at radius 3 is 2.48 bits per heavy atom. The molecule has 0 saturated carbocycles. The Bertz CT molecular complexity index is 482. The molecule has 126 valence electrons. The van der Waals surface area contributed by atoms with Crippen LogP contribution in [0.5, 0.6) is 0 Å². The first-order chi connectivity index (χ1) is 11.4. The molecule has 0 radical (unpaired) electrons. The van der Waals surface area contributed by atoms with E-state index in [9.17, 15) is 0 Å². The summed E-state index contributed by atoms with van der Waals surface area (Å²) >= 11 is 1.57. The van der Waals surface area contributed by atoms with Gasteiger partial charge in [0, 0.05) is 0 Å². The second-order valence-electron chi connectivity index (χ2n) is 5.66. The molecule has 23 heavy (non-hydrogen) atoms. The van der Waals surface area contributed by atoms with Gasteiger partial charge in [0.25, 0.3) is 0 Å². The van der Waals surface area contributed by atoms with Crippen LogP contribution in [-0.4, -0.2) is 20.9 Å². The van der Waals surface area contributed by atoms with E-state index in [2.05, 4.69) is 59.5 Å². The van der Waals surface area contributed by atoms with Gasteiger partial charge in [-0.1, -0.05) is 0 Å². The monoisotopic (exact) mass is 444 g/mol. The summed E-state index contributed by atoms with van der Waals surface area (Å²) in [6.45, 7) is 4.53. The number of allylic oxidation sites excluding steroid dienone is 1. The molecule has 0 aliphatic carbocycles. The minimum absolute atomic E-state index is 0.295. The standard InChI is InChI=1S/C21H30STe/c1-3-5-7-9-14-18-23-21(17-13-8-6-4-2)19-22-20-15-11-10-12-16-20/h10-12,15-16,19H,3-9,13,17H2,1-2H3/b21-19-. The quantitative estimate of drug-likeness (QED) is 0.157. The molecule has 1 aromatic carbocycles. The zero-order valence-electron chi connectivity index (χ0n) is 14.6. The summed E-state index contributed by atoms with van der Waals surface area (Å²) in [7, 11) is 0. The average molecular weight is 442 g/mol. The zero-order chi connectivity index (χ0) is 16.6. The number of rotatable bonds is 11. The van der Waals surface area contributed by atoms with Crippen molar-refractivity contribution in [3.63, 3.8) is 0 Å². The van der Waals surface area contributed by atoms with Gasteiger partial charge in [-0.2, -0.15) is 0 Å². The first-order valence-electron chi connectivity index (χ1n) is 8.92. The van der Waals surface area contributed by atoms with Crippen LogP contribution < -0.4 is 0 Å². The van der Waals surface area contributed by atoms with E-state index < -0.39 is 0 Å². The van der Waals surface area contributed by atoms with Crippen molar-refractivity contribution >= 4 is 32.7 Å². The molecule has 0 aromatic heterocycles. The molecule has 0 aliphatic heterocycles. The average Bonchev–Trinajstić information content (AvgIpc) is 2.59. The molecule has 0 aliphatic rings. The first-order valence-corrected chi connectivity index (χ1v) is 12.1. The van der Waals surface area contributed by atoms with Crippen molar-refractivity contribution in [1.82, 2.24) is 0 Å². The van der Waals surface area contributed by atoms with E-state index in [0.717, 1.165) is 6.42 Å².